The average molecular weight is 292 g/mol. The minimum Gasteiger partial charge on any atom is -0.378 e. The molecule has 0 saturated heterocycles. The predicted octanol–water partition coefficient (Wildman–Crippen LogP) is 4.44. The minimum absolute atomic E-state index is 0.217. The van der Waals surface area contributed by atoms with E-state index in [9.17, 15) is 18.9 Å². The molecule has 4 nitrogen and oxygen atoms in total. The van der Waals surface area contributed by atoms with Crippen LogP contribution in [0.15, 0.2) is 42.5 Å². The lowest BCUT2D eigenvalue weighted by Gasteiger charge is -2.18. The van der Waals surface area contributed by atoms with E-state index >= 15 is 0 Å². The fourth-order valence-electron chi connectivity index (χ4n) is 2.09. The molecule has 110 valence electrons. The predicted molar refractivity (Wildman–Crippen MR) is 76.1 cm³/mol. The van der Waals surface area contributed by atoms with Crippen LogP contribution in [0, 0.1) is 21.7 Å². The summed E-state index contributed by atoms with van der Waals surface area (Å²) in [7, 11) is 0. The fraction of sp³-hybridized carbons (Fsp3) is 0.200. The first kappa shape index (κ1) is 14.9. The van der Waals surface area contributed by atoms with E-state index in [0.717, 1.165) is 17.7 Å². The van der Waals surface area contributed by atoms with Crippen molar-refractivity contribution in [3.63, 3.8) is 0 Å². The van der Waals surface area contributed by atoms with Gasteiger partial charge in [0.05, 0.1) is 11.0 Å². The molecule has 0 fully saturated rings. The van der Waals surface area contributed by atoms with Gasteiger partial charge in [-0.3, -0.25) is 10.1 Å². The molecule has 2 aromatic rings. The lowest BCUT2D eigenvalue weighted by atomic mass is 10.0. The molecular weight excluding hydrogens is 278 g/mol. The highest BCUT2D eigenvalue weighted by Crippen LogP contribution is 2.27. The third kappa shape index (κ3) is 3.53. The molecule has 0 aliphatic heterocycles. The van der Waals surface area contributed by atoms with Gasteiger partial charge in [0.25, 0.3) is 0 Å². The van der Waals surface area contributed by atoms with Crippen molar-refractivity contribution in [3.05, 3.63) is 69.8 Å². The minimum atomic E-state index is -0.885. The summed E-state index contributed by atoms with van der Waals surface area (Å²) in [5.41, 5.74) is 0.554. The molecule has 1 N–H and O–H groups in total. The summed E-state index contributed by atoms with van der Waals surface area (Å²) < 4.78 is 26.6. The number of nitro benzene ring substituents is 1. The second kappa shape index (κ2) is 6.30. The number of nitrogens with one attached hydrogen (secondary N) is 1. The van der Waals surface area contributed by atoms with Crippen molar-refractivity contribution in [2.75, 3.05) is 5.32 Å². The largest absolute Gasteiger partial charge is 0.378 e. The highest BCUT2D eigenvalue weighted by atomic mass is 19.1. The van der Waals surface area contributed by atoms with Crippen LogP contribution in [0.3, 0.4) is 0 Å². The summed E-state index contributed by atoms with van der Waals surface area (Å²) >= 11 is 0. The molecule has 0 amide bonds. The van der Waals surface area contributed by atoms with Crippen molar-refractivity contribution in [3.8, 4) is 0 Å². The normalized spacial score (nSPS) is 12.0. The second-order valence-electron chi connectivity index (χ2n) is 4.58. The van der Waals surface area contributed by atoms with Crippen LogP contribution in [0.1, 0.15) is 24.9 Å². The number of anilines is 1. The van der Waals surface area contributed by atoms with E-state index < -0.39 is 16.4 Å². The van der Waals surface area contributed by atoms with E-state index in [1.54, 1.807) is 12.1 Å². The van der Waals surface area contributed by atoms with Gasteiger partial charge in [-0.2, -0.15) is 4.39 Å². The molecule has 0 spiro atoms. The highest BCUT2D eigenvalue weighted by Gasteiger charge is 2.16. The molecule has 6 heteroatoms. The van der Waals surface area contributed by atoms with Crippen molar-refractivity contribution >= 4 is 11.4 Å². The van der Waals surface area contributed by atoms with Gasteiger partial charge in [-0.1, -0.05) is 19.1 Å². The zero-order chi connectivity index (χ0) is 15.4. The van der Waals surface area contributed by atoms with Crippen LogP contribution < -0.4 is 5.32 Å². The summed E-state index contributed by atoms with van der Waals surface area (Å²) in [5.74, 6) is -1.23. The Balaban J connectivity index is 2.27. The summed E-state index contributed by atoms with van der Waals surface area (Å²) in [6, 6.07) is 9.49. The molecule has 0 bridgehead atoms. The number of nitro groups is 1. The Morgan fingerprint density at radius 2 is 2.00 bits per heavy atom. The van der Waals surface area contributed by atoms with E-state index in [1.807, 2.05) is 6.92 Å². The van der Waals surface area contributed by atoms with Crippen LogP contribution in [0.5, 0.6) is 0 Å². The third-order valence-electron chi connectivity index (χ3n) is 3.14. The van der Waals surface area contributed by atoms with Crippen molar-refractivity contribution in [2.24, 2.45) is 0 Å². The topological polar surface area (TPSA) is 55.2 Å². The third-order valence-corrected chi connectivity index (χ3v) is 3.14. The summed E-state index contributed by atoms with van der Waals surface area (Å²) in [6.45, 7) is 1.90. The summed E-state index contributed by atoms with van der Waals surface area (Å²) in [4.78, 5) is 9.96. The van der Waals surface area contributed by atoms with E-state index in [1.165, 1.54) is 18.2 Å². The van der Waals surface area contributed by atoms with Crippen molar-refractivity contribution in [1.29, 1.82) is 0 Å². The highest BCUT2D eigenvalue weighted by molar-refractivity contribution is 5.53. The Morgan fingerprint density at radius 1 is 1.24 bits per heavy atom. The van der Waals surface area contributed by atoms with Gasteiger partial charge in [0.15, 0.2) is 0 Å². The fourth-order valence-corrected chi connectivity index (χ4v) is 2.09. The maximum absolute atomic E-state index is 13.3. The molecular formula is C15H14F2N2O2. The Morgan fingerprint density at radius 3 is 2.62 bits per heavy atom. The van der Waals surface area contributed by atoms with Crippen molar-refractivity contribution in [2.45, 2.75) is 19.4 Å². The monoisotopic (exact) mass is 292 g/mol. The van der Waals surface area contributed by atoms with Gasteiger partial charge in [0, 0.05) is 11.8 Å². The van der Waals surface area contributed by atoms with Gasteiger partial charge in [-0.05, 0) is 36.2 Å². The Kier molecular flexibility index (Phi) is 4.47. The zero-order valence-corrected chi connectivity index (χ0v) is 11.3. The van der Waals surface area contributed by atoms with Crippen LogP contribution >= 0.6 is 0 Å². The molecule has 1 unspecified atom stereocenters. The first-order valence-electron chi connectivity index (χ1n) is 6.47. The molecule has 21 heavy (non-hydrogen) atoms. The molecule has 0 aliphatic rings. The van der Waals surface area contributed by atoms with E-state index in [4.69, 9.17) is 0 Å². The van der Waals surface area contributed by atoms with Gasteiger partial charge in [0.2, 0.25) is 5.82 Å². The van der Waals surface area contributed by atoms with Gasteiger partial charge in [0.1, 0.15) is 5.82 Å². The smallest absolute Gasteiger partial charge is 0.306 e. The number of hydrogen-bond acceptors (Lipinski definition) is 3. The van der Waals surface area contributed by atoms with Crippen LogP contribution in [-0.2, 0) is 0 Å². The summed E-state index contributed by atoms with van der Waals surface area (Å²) in [5, 5.41) is 13.8. The molecule has 0 aliphatic carbocycles. The van der Waals surface area contributed by atoms with Crippen molar-refractivity contribution in [1.82, 2.24) is 0 Å². The molecule has 0 radical (unpaired) electrons. The molecule has 2 aromatic carbocycles. The zero-order valence-electron chi connectivity index (χ0n) is 11.3. The van der Waals surface area contributed by atoms with Gasteiger partial charge >= 0.3 is 5.69 Å². The number of halogens is 2. The Hall–Kier alpha value is -2.50. The standard InChI is InChI=1S/C15H14F2N2O2/c1-2-14(10-4-3-5-11(16)8-10)18-12-6-7-13(17)15(9-12)19(20)21/h3-9,14,18H,2H2,1H3. The number of nitrogens with zero attached hydrogens (tertiary/aromatic N) is 1. The number of rotatable bonds is 5. The van der Waals surface area contributed by atoms with Crippen LogP contribution in [-0.4, -0.2) is 4.92 Å². The van der Waals surface area contributed by atoms with E-state index in [2.05, 4.69) is 5.32 Å². The van der Waals surface area contributed by atoms with Crippen LogP contribution in [0.2, 0.25) is 0 Å². The average Bonchev–Trinajstić information content (AvgIpc) is 2.46. The van der Waals surface area contributed by atoms with E-state index in [0.29, 0.717) is 12.1 Å². The maximum atomic E-state index is 13.3. The second-order valence-corrected chi connectivity index (χ2v) is 4.58. The molecule has 2 rings (SSSR count). The lowest BCUT2D eigenvalue weighted by molar-refractivity contribution is -0.387. The number of benzene rings is 2. The molecule has 0 saturated carbocycles. The lowest BCUT2D eigenvalue weighted by Crippen LogP contribution is -2.10. The van der Waals surface area contributed by atoms with E-state index in [-0.39, 0.29) is 11.9 Å². The Labute approximate surface area is 120 Å². The van der Waals surface area contributed by atoms with Gasteiger partial charge < -0.3 is 5.32 Å². The molecule has 0 aromatic heterocycles. The van der Waals surface area contributed by atoms with Crippen molar-refractivity contribution < 1.29 is 13.7 Å². The van der Waals surface area contributed by atoms with Gasteiger partial charge in [-0.25, -0.2) is 4.39 Å². The quantitative estimate of drug-likeness (QED) is 0.655. The van der Waals surface area contributed by atoms with Gasteiger partial charge in [-0.15, -0.1) is 0 Å². The SMILES string of the molecule is CCC(Nc1ccc(F)c([N+](=O)[O-])c1)c1cccc(F)c1. The van der Waals surface area contributed by atoms with Crippen LogP contribution in [0.4, 0.5) is 20.2 Å². The first-order valence-corrected chi connectivity index (χ1v) is 6.47. The summed E-state index contributed by atoms with van der Waals surface area (Å²) in [6.07, 6.45) is 0.647. The Bertz CT molecular complexity index is 662. The first-order chi connectivity index (χ1) is 10.0. The molecule has 0 heterocycles. The number of hydrogen-bond donors (Lipinski definition) is 1. The molecule has 1 atom stereocenters. The maximum Gasteiger partial charge on any atom is 0.306 e. The van der Waals surface area contributed by atoms with Crippen LogP contribution in [0.25, 0.3) is 0 Å².